The molecular weight excluding hydrogens is 316 g/mol. The largest absolute Gasteiger partial charge is 0.496 e. The molecule has 2 fully saturated rings. The normalized spacial score (nSPS) is 21.4. The number of piperidine rings is 1. The average molecular weight is 346 g/mol. The number of carbonyl (C=O) groups is 1. The zero-order valence-electron chi connectivity index (χ0n) is 15.4. The van der Waals surface area contributed by atoms with Crippen molar-refractivity contribution in [2.24, 2.45) is 5.92 Å². The van der Waals surface area contributed by atoms with Crippen LogP contribution < -0.4 is 4.74 Å². The zero-order chi connectivity index (χ0) is 17.8. The van der Waals surface area contributed by atoms with E-state index in [4.69, 9.17) is 4.74 Å². The molecule has 3 rings (SSSR count). The highest BCUT2D eigenvalue weighted by Gasteiger charge is 2.29. The van der Waals surface area contributed by atoms with Gasteiger partial charge in [0.15, 0.2) is 0 Å². The van der Waals surface area contributed by atoms with Crippen LogP contribution in [0.25, 0.3) is 0 Å². The van der Waals surface area contributed by atoms with Crippen LogP contribution in [-0.2, 0) is 6.54 Å². The Morgan fingerprint density at radius 2 is 1.92 bits per heavy atom. The van der Waals surface area contributed by atoms with Gasteiger partial charge in [0.1, 0.15) is 11.3 Å². The number of methoxy groups -OCH3 is 1. The minimum atomic E-state index is -0.933. The Kier molecular flexibility index (Phi) is 5.97. The lowest BCUT2D eigenvalue weighted by atomic mass is 9.89. The van der Waals surface area contributed by atoms with E-state index in [-0.39, 0.29) is 5.56 Å². The highest BCUT2D eigenvalue weighted by molar-refractivity contribution is 5.91. The first kappa shape index (κ1) is 18.2. The fourth-order valence-electron chi connectivity index (χ4n) is 4.32. The fraction of sp³-hybridized carbons (Fsp3) is 0.650. The monoisotopic (exact) mass is 346 g/mol. The summed E-state index contributed by atoms with van der Waals surface area (Å²) in [5.74, 6) is 0.283. The topological polar surface area (TPSA) is 53.0 Å². The van der Waals surface area contributed by atoms with Crippen molar-refractivity contribution in [1.82, 2.24) is 9.80 Å². The number of carboxylic acids is 1. The molecule has 2 aliphatic heterocycles. The zero-order valence-corrected chi connectivity index (χ0v) is 15.4. The summed E-state index contributed by atoms with van der Waals surface area (Å²) in [6.07, 6.45) is 5.18. The van der Waals surface area contributed by atoms with Crippen LogP contribution in [0.5, 0.6) is 5.75 Å². The molecule has 0 bridgehead atoms. The molecule has 0 radical (unpaired) electrons. The Hall–Kier alpha value is -1.59. The molecule has 1 aromatic carbocycles. The number of ether oxygens (including phenoxy) is 1. The first-order valence-corrected chi connectivity index (χ1v) is 9.45. The molecule has 2 heterocycles. The Morgan fingerprint density at radius 3 is 2.52 bits per heavy atom. The van der Waals surface area contributed by atoms with Gasteiger partial charge in [0.25, 0.3) is 0 Å². The first-order valence-electron chi connectivity index (χ1n) is 9.45. The van der Waals surface area contributed by atoms with E-state index in [1.165, 1.54) is 45.9 Å². The van der Waals surface area contributed by atoms with Crippen LogP contribution in [0, 0.1) is 5.92 Å². The van der Waals surface area contributed by atoms with Gasteiger partial charge in [-0.25, -0.2) is 4.79 Å². The van der Waals surface area contributed by atoms with Gasteiger partial charge in [-0.15, -0.1) is 0 Å². The fourth-order valence-corrected chi connectivity index (χ4v) is 4.32. The molecule has 0 aromatic heterocycles. The average Bonchev–Trinajstić information content (AvgIpc) is 3.16. The summed E-state index contributed by atoms with van der Waals surface area (Å²) in [6.45, 7) is 7.94. The third kappa shape index (κ3) is 4.33. The van der Waals surface area contributed by atoms with E-state index >= 15 is 0 Å². The number of carboxylic acid groups (broad SMARTS) is 1. The minimum absolute atomic E-state index is 0.248. The summed E-state index contributed by atoms with van der Waals surface area (Å²) in [4.78, 5) is 16.5. The standard InChI is InChI=1S/C20H30N2O3/c1-15(22-9-3-4-10-22)17-7-11-21(12-8-17)14-16-5-6-19(25-2)18(13-16)20(23)24/h5-6,13,15,17H,3-4,7-12,14H2,1-2H3,(H,23,24)/t15-/m1/s1. The summed E-state index contributed by atoms with van der Waals surface area (Å²) in [5, 5.41) is 9.33. The van der Waals surface area contributed by atoms with Crippen LogP contribution in [-0.4, -0.2) is 60.2 Å². The van der Waals surface area contributed by atoms with Crippen molar-refractivity contribution in [2.45, 2.75) is 45.2 Å². The second-order valence-electron chi connectivity index (χ2n) is 7.44. The second kappa shape index (κ2) is 8.19. The number of aromatic carboxylic acids is 1. The van der Waals surface area contributed by atoms with E-state index in [9.17, 15) is 9.90 Å². The van der Waals surface area contributed by atoms with Crippen molar-refractivity contribution >= 4 is 5.97 Å². The molecule has 0 amide bonds. The molecule has 2 saturated heterocycles. The second-order valence-corrected chi connectivity index (χ2v) is 7.44. The summed E-state index contributed by atoms with van der Waals surface area (Å²) in [6, 6.07) is 6.19. The molecule has 0 spiro atoms. The smallest absolute Gasteiger partial charge is 0.339 e. The van der Waals surface area contributed by atoms with Crippen molar-refractivity contribution in [1.29, 1.82) is 0 Å². The highest BCUT2D eigenvalue weighted by Crippen LogP contribution is 2.28. The number of benzene rings is 1. The van der Waals surface area contributed by atoms with Crippen LogP contribution in [0.2, 0.25) is 0 Å². The van der Waals surface area contributed by atoms with E-state index in [1.54, 1.807) is 12.1 Å². The number of likely N-dealkylation sites (tertiary alicyclic amines) is 2. The molecule has 0 unspecified atom stereocenters. The third-order valence-electron chi connectivity index (χ3n) is 5.93. The van der Waals surface area contributed by atoms with E-state index in [1.807, 2.05) is 6.07 Å². The van der Waals surface area contributed by atoms with Gasteiger partial charge in [-0.05, 0) is 82.4 Å². The molecule has 138 valence electrons. The quantitative estimate of drug-likeness (QED) is 0.858. The van der Waals surface area contributed by atoms with Gasteiger partial charge in [-0.2, -0.15) is 0 Å². The van der Waals surface area contributed by atoms with Crippen LogP contribution in [0.15, 0.2) is 18.2 Å². The SMILES string of the molecule is COc1ccc(CN2CCC([C@@H](C)N3CCCC3)CC2)cc1C(=O)O. The van der Waals surface area contributed by atoms with Gasteiger partial charge in [-0.1, -0.05) is 6.07 Å². The van der Waals surface area contributed by atoms with Crippen LogP contribution in [0.3, 0.4) is 0 Å². The maximum atomic E-state index is 11.4. The lowest BCUT2D eigenvalue weighted by Crippen LogP contribution is -2.42. The summed E-state index contributed by atoms with van der Waals surface area (Å²) in [7, 11) is 1.51. The maximum Gasteiger partial charge on any atom is 0.339 e. The molecule has 25 heavy (non-hydrogen) atoms. The summed E-state index contributed by atoms with van der Waals surface area (Å²) in [5.41, 5.74) is 1.29. The van der Waals surface area contributed by atoms with E-state index < -0.39 is 5.97 Å². The van der Waals surface area contributed by atoms with Crippen LogP contribution >= 0.6 is 0 Å². The number of hydrogen-bond acceptors (Lipinski definition) is 4. The Bertz CT molecular complexity index is 591. The molecule has 5 heteroatoms. The van der Waals surface area contributed by atoms with Crippen molar-refractivity contribution in [3.05, 3.63) is 29.3 Å². The van der Waals surface area contributed by atoms with Crippen molar-refractivity contribution in [3.8, 4) is 5.75 Å². The molecule has 2 aliphatic rings. The molecule has 1 aromatic rings. The summed E-state index contributed by atoms with van der Waals surface area (Å²) < 4.78 is 5.14. The first-order chi connectivity index (χ1) is 12.1. The van der Waals surface area contributed by atoms with Crippen LogP contribution in [0.1, 0.15) is 48.5 Å². The van der Waals surface area contributed by atoms with Crippen molar-refractivity contribution in [3.63, 3.8) is 0 Å². The number of rotatable bonds is 6. The highest BCUT2D eigenvalue weighted by atomic mass is 16.5. The maximum absolute atomic E-state index is 11.4. The predicted molar refractivity (Wildman–Crippen MR) is 98.2 cm³/mol. The number of hydrogen-bond donors (Lipinski definition) is 1. The van der Waals surface area contributed by atoms with Crippen molar-refractivity contribution < 1.29 is 14.6 Å². The van der Waals surface area contributed by atoms with Gasteiger partial charge >= 0.3 is 5.97 Å². The van der Waals surface area contributed by atoms with Crippen LogP contribution in [0.4, 0.5) is 0 Å². The lowest BCUT2D eigenvalue weighted by molar-refractivity contribution is 0.0693. The predicted octanol–water partition coefficient (Wildman–Crippen LogP) is 3.09. The lowest BCUT2D eigenvalue weighted by Gasteiger charge is -2.38. The van der Waals surface area contributed by atoms with Gasteiger partial charge in [0, 0.05) is 12.6 Å². The molecular formula is C20H30N2O3. The van der Waals surface area contributed by atoms with E-state index in [0.717, 1.165) is 31.1 Å². The van der Waals surface area contributed by atoms with Gasteiger partial charge in [0.2, 0.25) is 0 Å². The number of nitrogens with zero attached hydrogens (tertiary/aromatic N) is 2. The minimum Gasteiger partial charge on any atom is -0.496 e. The van der Waals surface area contributed by atoms with Crippen molar-refractivity contribution in [2.75, 3.05) is 33.3 Å². The molecule has 0 aliphatic carbocycles. The molecule has 1 atom stereocenters. The van der Waals surface area contributed by atoms with Gasteiger partial charge in [-0.3, -0.25) is 4.90 Å². The molecule has 0 saturated carbocycles. The van der Waals surface area contributed by atoms with Gasteiger partial charge < -0.3 is 14.7 Å². The summed E-state index contributed by atoms with van der Waals surface area (Å²) >= 11 is 0. The molecule has 1 N–H and O–H groups in total. The Labute approximate surface area is 150 Å². The van der Waals surface area contributed by atoms with E-state index in [2.05, 4.69) is 16.7 Å². The Morgan fingerprint density at radius 1 is 1.24 bits per heavy atom. The van der Waals surface area contributed by atoms with Gasteiger partial charge in [0.05, 0.1) is 7.11 Å². The Balaban J connectivity index is 1.55. The molecule has 5 nitrogen and oxygen atoms in total. The third-order valence-corrected chi connectivity index (χ3v) is 5.93. The van der Waals surface area contributed by atoms with E-state index in [0.29, 0.717) is 11.8 Å².